The van der Waals surface area contributed by atoms with Crippen LogP contribution in [0.2, 0.25) is 10.2 Å². The first-order valence-corrected chi connectivity index (χ1v) is 3.87. The maximum Gasteiger partial charge on any atom is 0.152 e. The Bertz CT molecular complexity index is 208. The molecule has 0 aliphatic carbocycles. The van der Waals surface area contributed by atoms with Crippen LogP contribution in [0.25, 0.3) is 0 Å². The van der Waals surface area contributed by atoms with Gasteiger partial charge in [0.1, 0.15) is 15.1 Å². The summed E-state index contributed by atoms with van der Waals surface area (Å²) in [5.41, 5.74) is 0. The molecular weight excluding hydrogens is 274 g/mol. The highest BCUT2D eigenvalue weighted by atomic mass is 127. The van der Waals surface area contributed by atoms with E-state index in [1.807, 2.05) is 22.6 Å². The molecule has 5 heteroatoms. The lowest BCUT2D eigenvalue weighted by molar-refractivity contribution is 1.14. The molecule has 1 heterocycles. The molecule has 0 saturated carbocycles. The van der Waals surface area contributed by atoms with Crippen LogP contribution in [0.15, 0.2) is 6.33 Å². The van der Waals surface area contributed by atoms with E-state index in [9.17, 15) is 0 Å². The van der Waals surface area contributed by atoms with Gasteiger partial charge in [-0.3, -0.25) is 0 Å². The second-order valence-electron chi connectivity index (χ2n) is 1.27. The van der Waals surface area contributed by atoms with Crippen LogP contribution in [0.1, 0.15) is 0 Å². The van der Waals surface area contributed by atoms with Gasteiger partial charge >= 0.3 is 0 Å². The van der Waals surface area contributed by atoms with Crippen molar-refractivity contribution in [2.45, 2.75) is 0 Å². The van der Waals surface area contributed by atoms with Crippen molar-refractivity contribution in [1.82, 2.24) is 9.97 Å². The molecule has 0 amide bonds. The molecule has 0 aliphatic heterocycles. The third kappa shape index (κ3) is 1.65. The Morgan fingerprint density at radius 3 is 2.44 bits per heavy atom. The molecule has 0 saturated heterocycles. The van der Waals surface area contributed by atoms with Crippen LogP contribution in [-0.2, 0) is 0 Å². The monoisotopic (exact) mass is 274 g/mol. The highest BCUT2D eigenvalue weighted by Crippen LogP contribution is 2.21. The molecule has 2 nitrogen and oxygen atoms in total. The second-order valence-corrected chi connectivity index (χ2v) is 3.03. The molecule has 1 aromatic rings. The zero-order valence-corrected chi connectivity index (χ0v) is 7.78. The summed E-state index contributed by atoms with van der Waals surface area (Å²) in [4.78, 5) is 7.46. The van der Waals surface area contributed by atoms with Crippen molar-refractivity contribution in [3.63, 3.8) is 0 Å². The molecule has 0 aliphatic rings. The van der Waals surface area contributed by atoms with E-state index >= 15 is 0 Å². The summed E-state index contributed by atoms with van der Waals surface area (Å²) in [5, 5.41) is 0.718. The van der Waals surface area contributed by atoms with Gasteiger partial charge in [-0.25, -0.2) is 9.97 Å². The summed E-state index contributed by atoms with van der Waals surface area (Å²) in [7, 11) is 0. The average molecular weight is 275 g/mol. The van der Waals surface area contributed by atoms with Crippen molar-refractivity contribution in [3.05, 3.63) is 20.2 Å². The van der Waals surface area contributed by atoms with Gasteiger partial charge in [0.25, 0.3) is 0 Å². The maximum absolute atomic E-state index is 5.61. The summed E-state index contributed by atoms with van der Waals surface area (Å²) in [6.45, 7) is 0. The molecule has 1 rings (SSSR count). The van der Waals surface area contributed by atoms with E-state index in [0.29, 0.717) is 13.9 Å². The summed E-state index contributed by atoms with van der Waals surface area (Å²) in [6.07, 6.45) is 1.37. The fourth-order valence-corrected chi connectivity index (χ4v) is 1.10. The van der Waals surface area contributed by atoms with Crippen LogP contribution in [0, 0.1) is 3.70 Å². The van der Waals surface area contributed by atoms with Crippen LogP contribution in [0.4, 0.5) is 0 Å². The van der Waals surface area contributed by atoms with Gasteiger partial charge in [-0.05, 0) is 22.6 Å². The number of aromatic nitrogens is 2. The van der Waals surface area contributed by atoms with Gasteiger partial charge in [-0.2, -0.15) is 0 Å². The van der Waals surface area contributed by atoms with Crippen molar-refractivity contribution in [1.29, 1.82) is 0 Å². The molecule has 9 heavy (non-hydrogen) atoms. The van der Waals surface area contributed by atoms with Crippen molar-refractivity contribution in [2.75, 3.05) is 0 Å². The molecule has 0 aromatic carbocycles. The van der Waals surface area contributed by atoms with Crippen molar-refractivity contribution in [3.8, 4) is 0 Å². The van der Waals surface area contributed by atoms with Crippen molar-refractivity contribution in [2.24, 2.45) is 0 Å². The Morgan fingerprint density at radius 2 is 2.00 bits per heavy atom. The third-order valence-electron chi connectivity index (χ3n) is 0.704. The van der Waals surface area contributed by atoms with Crippen LogP contribution in [0.3, 0.4) is 0 Å². The van der Waals surface area contributed by atoms with E-state index in [2.05, 4.69) is 9.97 Å². The molecule has 0 unspecified atom stereocenters. The lowest BCUT2D eigenvalue weighted by atomic mass is 10.7. The summed E-state index contributed by atoms with van der Waals surface area (Å²) in [5.74, 6) is 0. The molecule has 0 spiro atoms. The van der Waals surface area contributed by atoms with Crippen LogP contribution in [0.5, 0.6) is 0 Å². The predicted molar refractivity (Wildman–Crippen MR) is 44.8 cm³/mol. The smallest absolute Gasteiger partial charge is 0.152 e. The van der Waals surface area contributed by atoms with Crippen molar-refractivity contribution >= 4 is 45.8 Å². The van der Waals surface area contributed by atoms with Crippen LogP contribution >= 0.6 is 45.8 Å². The number of hydrogen-bond acceptors (Lipinski definition) is 2. The van der Waals surface area contributed by atoms with Crippen LogP contribution in [-0.4, -0.2) is 9.97 Å². The highest BCUT2D eigenvalue weighted by molar-refractivity contribution is 14.1. The Morgan fingerprint density at radius 1 is 1.33 bits per heavy atom. The Labute approximate surface area is 75.7 Å². The fourth-order valence-electron chi connectivity index (χ4n) is 0.329. The Hall–Kier alpha value is 0.390. The Balaban J connectivity index is 3.25. The minimum Gasteiger partial charge on any atom is -0.229 e. The lowest BCUT2D eigenvalue weighted by Gasteiger charge is -1.92. The van der Waals surface area contributed by atoms with E-state index in [1.165, 1.54) is 6.33 Å². The topological polar surface area (TPSA) is 25.8 Å². The molecule has 0 N–H and O–H groups in total. The first kappa shape index (κ1) is 7.50. The fraction of sp³-hybridized carbons (Fsp3) is 0. The normalized spacial score (nSPS) is 9.67. The van der Waals surface area contributed by atoms with Crippen LogP contribution < -0.4 is 0 Å². The first-order valence-electron chi connectivity index (χ1n) is 2.03. The molecule has 1 aromatic heterocycles. The average Bonchev–Trinajstić information content (AvgIpc) is 1.83. The zero-order valence-electron chi connectivity index (χ0n) is 4.11. The number of rotatable bonds is 0. The van der Waals surface area contributed by atoms with Gasteiger partial charge in [0.2, 0.25) is 0 Å². The summed E-state index contributed by atoms with van der Waals surface area (Å²) in [6, 6.07) is 0. The largest absolute Gasteiger partial charge is 0.229 e. The van der Waals surface area contributed by atoms with Gasteiger partial charge in [0.05, 0.1) is 0 Å². The zero-order chi connectivity index (χ0) is 6.85. The molecular formula is C4HCl2IN2. The number of hydrogen-bond donors (Lipinski definition) is 0. The molecule has 0 bridgehead atoms. The molecule has 0 fully saturated rings. The van der Waals surface area contributed by atoms with Gasteiger partial charge in [-0.15, -0.1) is 0 Å². The quantitative estimate of drug-likeness (QED) is 0.536. The van der Waals surface area contributed by atoms with Gasteiger partial charge < -0.3 is 0 Å². The number of nitrogens with zero attached hydrogens (tertiary/aromatic N) is 2. The lowest BCUT2D eigenvalue weighted by Crippen LogP contribution is -1.84. The maximum atomic E-state index is 5.61. The predicted octanol–water partition coefficient (Wildman–Crippen LogP) is 2.39. The minimum absolute atomic E-state index is 0.302. The van der Waals surface area contributed by atoms with E-state index in [1.54, 1.807) is 0 Å². The molecule has 0 atom stereocenters. The van der Waals surface area contributed by atoms with E-state index in [-0.39, 0.29) is 0 Å². The SMILES string of the molecule is Clc1ncnc(I)c1Cl. The molecule has 0 radical (unpaired) electrons. The minimum atomic E-state index is 0.302. The second kappa shape index (κ2) is 2.98. The third-order valence-corrected chi connectivity index (χ3v) is 2.58. The number of halogens is 3. The first-order chi connectivity index (χ1) is 4.22. The van der Waals surface area contributed by atoms with Crippen molar-refractivity contribution < 1.29 is 0 Å². The van der Waals surface area contributed by atoms with E-state index in [0.717, 1.165) is 0 Å². The summed E-state index contributed by atoms with van der Waals surface area (Å²) >= 11 is 13.1. The Kier molecular flexibility index (Phi) is 2.49. The molecule has 48 valence electrons. The van der Waals surface area contributed by atoms with Gasteiger partial charge in [-0.1, -0.05) is 23.2 Å². The highest BCUT2D eigenvalue weighted by Gasteiger charge is 2.01. The van der Waals surface area contributed by atoms with Gasteiger partial charge in [0, 0.05) is 0 Å². The van der Waals surface area contributed by atoms with Gasteiger partial charge in [0.15, 0.2) is 5.15 Å². The van der Waals surface area contributed by atoms with E-state index in [4.69, 9.17) is 23.2 Å². The standard InChI is InChI=1S/C4HCl2IN2/c5-2-3(6)8-1-9-4(2)7/h1H. The van der Waals surface area contributed by atoms with E-state index < -0.39 is 0 Å². The summed E-state index contributed by atoms with van der Waals surface area (Å²) < 4.78 is 0.675.